The Labute approximate surface area is 123 Å². The molecule has 1 aliphatic rings. The molecule has 2 nitrogen and oxygen atoms in total. The van der Waals surface area contributed by atoms with Crippen LogP contribution in [0.5, 0.6) is 5.75 Å². The summed E-state index contributed by atoms with van der Waals surface area (Å²) in [6.07, 6.45) is 4.99. The summed E-state index contributed by atoms with van der Waals surface area (Å²) in [7, 11) is 1.73. The van der Waals surface area contributed by atoms with Crippen molar-refractivity contribution in [3.63, 3.8) is 0 Å². The molecule has 0 aliphatic heterocycles. The van der Waals surface area contributed by atoms with Crippen molar-refractivity contribution in [2.75, 3.05) is 13.7 Å². The van der Waals surface area contributed by atoms with Crippen LogP contribution in [-0.4, -0.2) is 19.7 Å². The van der Waals surface area contributed by atoms with Crippen LogP contribution in [0.4, 0.5) is 0 Å². The standard InChI is InChI=1S/C18H29NO/c1-5-12-19-17-13-16(18(17,6-2)7-3)14-8-10-15(20-4)11-9-14/h8-11,16-17,19H,5-7,12-13H2,1-4H3. The van der Waals surface area contributed by atoms with E-state index in [4.69, 9.17) is 4.74 Å². The summed E-state index contributed by atoms with van der Waals surface area (Å²) in [6.45, 7) is 8.08. The molecule has 0 amide bonds. The molecule has 2 heteroatoms. The predicted molar refractivity (Wildman–Crippen MR) is 85.4 cm³/mol. The van der Waals surface area contributed by atoms with Gasteiger partial charge < -0.3 is 10.1 Å². The first-order valence-electron chi connectivity index (χ1n) is 8.09. The minimum Gasteiger partial charge on any atom is -0.497 e. The Hall–Kier alpha value is -1.02. The normalized spacial score (nSPS) is 24.2. The van der Waals surface area contributed by atoms with Crippen LogP contribution in [0, 0.1) is 5.41 Å². The highest BCUT2D eigenvalue weighted by Gasteiger charge is 2.52. The monoisotopic (exact) mass is 275 g/mol. The zero-order chi connectivity index (χ0) is 14.6. The third kappa shape index (κ3) is 2.58. The number of hydrogen-bond acceptors (Lipinski definition) is 2. The smallest absolute Gasteiger partial charge is 0.118 e. The van der Waals surface area contributed by atoms with Crippen molar-refractivity contribution in [2.24, 2.45) is 5.41 Å². The van der Waals surface area contributed by atoms with E-state index < -0.39 is 0 Å². The van der Waals surface area contributed by atoms with Crippen molar-refractivity contribution < 1.29 is 4.74 Å². The zero-order valence-corrected chi connectivity index (χ0v) is 13.4. The van der Waals surface area contributed by atoms with Gasteiger partial charge in [0.1, 0.15) is 5.75 Å². The number of benzene rings is 1. The highest BCUT2D eigenvalue weighted by atomic mass is 16.5. The number of methoxy groups -OCH3 is 1. The van der Waals surface area contributed by atoms with Crippen molar-refractivity contribution in [1.29, 1.82) is 0 Å². The molecule has 1 fully saturated rings. The maximum Gasteiger partial charge on any atom is 0.118 e. The van der Waals surface area contributed by atoms with Gasteiger partial charge in [-0.15, -0.1) is 0 Å². The molecule has 20 heavy (non-hydrogen) atoms. The van der Waals surface area contributed by atoms with E-state index >= 15 is 0 Å². The summed E-state index contributed by atoms with van der Waals surface area (Å²) in [4.78, 5) is 0. The van der Waals surface area contributed by atoms with Crippen molar-refractivity contribution in [2.45, 2.75) is 58.4 Å². The first-order chi connectivity index (χ1) is 9.71. The van der Waals surface area contributed by atoms with Gasteiger partial charge in [-0.3, -0.25) is 0 Å². The Morgan fingerprint density at radius 2 is 1.80 bits per heavy atom. The molecule has 0 saturated heterocycles. The van der Waals surface area contributed by atoms with Crippen LogP contribution in [0.3, 0.4) is 0 Å². The average Bonchev–Trinajstić information content (AvgIpc) is 2.48. The van der Waals surface area contributed by atoms with Crippen molar-refractivity contribution in [3.8, 4) is 5.75 Å². The second-order valence-electron chi connectivity index (χ2n) is 6.01. The lowest BCUT2D eigenvalue weighted by atomic mass is 9.52. The summed E-state index contributed by atoms with van der Waals surface area (Å²) >= 11 is 0. The molecule has 1 aromatic rings. The third-order valence-corrected chi connectivity index (χ3v) is 5.33. The van der Waals surface area contributed by atoms with Crippen LogP contribution in [0.25, 0.3) is 0 Å². The third-order valence-electron chi connectivity index (χ3n) is 5.33. The van der Waals surface area contributed by atoms with Crippen LogP contribution < -0.4 is 10.1 Å². The molecule has 1 saturated carbocycles. The largest absolute Gasteiger partial charge is 0.497 e. The highest BCUT2D eigenvalue weighted by molar-refractivity contribution is 5.33. The van der Waals surface area contributed by atoms with Crippen LogP contribution in [-0.2, 0) is 0 Å². The molecule has 2 rings (SSSR count). The lowest BCUT2D eigenvalue weighted by Crippen LogP contribution is -2.58. The number of nitrogens with one attached hydrogen (secondary N) is 1. The summed E-state index contributed by atoms with van der Waals surface area (Å²) in [5, 5.41) is 3.76. The predicted octanol–water partition coefficient (Wildman–Crippen LogP) is 4.36. The minimum atomic E-state index is 0.434. The number of ether oxygens (including phenoxy) is 1. The van der Waals surface area contributed by atoms with Gasteiger partial charge in [-0.2, -0.15) is 0 Å². The van der Waals surface area contributed by atoms with Crippen LogP contribution in [0.2, 0.25) is 0 Å². The summed E-state index contributed by atoms with van der Waals surface area (Å²) in [5.41, 5.74) is 1.91. The van der Waals surface area contributed by atoms with Crippen molar-refractivity contribution in [1.82, 2.24) is 5.32 Å². The number of rotatable bonds is 7. The second kappa shape index (κ2) is 6.62. The Bertz CT molecular complexity index is 408. The van der Waals surface area contributed by atoms with Crippen LogP contribution >= 0.6 is 0 Å². The van der Waals surface area contributed by atoms with Crippen LogP contribution in [0.1, 0.15) is 57.9 Å². The van der Waals surface area contributed by atoms with E-state index in [0.29, 0.717) is 17.4 Å². The average molecular weight is 275 g/mol. The molecule has 0 bridgehead atoms. The SMILES string of the molecule is CCCNC1CC(c2ccc(OC)cc2)C1(CC)CC. The lowest BCUT2D eigenvalue weighted by Gasteiger charge is -2.57. The topological polar surface area (TPSA) is 21.3 Å². The molecule has 0 spiro atoms. The molecule has 1 aromatic carbocycles. The fourth-order valence-electron chi connectivity index (χ4n) is 3.93. The molecule has 112 valence electrons. The van der Waals surface area contributed by atoms with E-state index in [1.807, 2.05) is 0 Å². The minimum absolute atomic E-state index is 0.434. The molecule has 0 radical (unpaired) electrons. The maximum absolute atomic E-state index is 5.27. The van der Waals surface area contributed by atoms with Gasteiger partial charge >= 0.3 is 0 Å². The van der Waals surface area contributed by atoms with Gasteiger partial charge in [-0.05, 0) is 61.3 Å². The molecular formula is C18H29NO. The molecule has 0 heterocycles. The van der Waals surface area contributed by atoms with Gasteiger partial charge in [-0.1, -0.05) is 32.9 Å². The molecule has 1 N–H and O–H groups in total. The highest BCUT2D eigenvalue weighted by Crippen LogP contribution is 2.57. The molecule has 2 atom stereocenters. The van der Waals surface area contributed by atoms with Crippen LogP contribution in [0.15, 0.2) is 24.3 Å². The Morgan fingerprint density at radius 3 is 2.30 bits per heavy atom. The quantitative estimate of drug-likeness (QED) is 0.798. The lowest BCUT2D eigenvalue weighted by molar-refractivity contribution is 0.0201. The van der Waals surface area contributed by atoms with E-state index in [-0.39, 0.29) is 0 Å². The molecular weight excluding hydrogens is 246 g/mol. The Balaban J connectivity index is 2.15. The van der Waals surface area contributed by atoms with Crippen molar-refractivity contribution >= 4 is 0 Å². The van der Waals surface area contributed by atoms with E-state index in [2.05, 4.69) is 50.4 Å². The molecule has 1 aliphatic carbocycles. The maximum atomic E-state index is 5.27. The summed E-state index contributed by atoms with van der Waals surface area (Å²) in [6, 6.07) is 9.37. The Morgan fingerprint density at radius 1 is 1.15 bits per heavy atom. The second-order valence-corrected chi connectivity index (χ2v) is 6.01. The summed E-state index contributed by atoms with van der Waals surface area (Å²) in [5.74, 6) is 1.64. The van der Waals surface area contributed by atoms with Crippen molar-refractivity contribution in [3.05, 3.63) is 29.8 Å². The van der Waals surface area contributed by atoms with Gasteiger partial charge in [0, 0.05) is 6.04 Å². The van der Waals surface area contributed by atoms with Gasteiger partial charge in [0.05, 0.1) is 7.11 Å². The zero-order valence-electron chi connectivity index (χ0n) is 13.4. The first-order valence-corrected chi connectivity index (χ1v) is 8.09. The van der Waals surface area contributed by atoms with Gasteiger partial charge in [0.2, 0.25) is 0 Å². The van der Waals surface area contributed by atoms with E-state index in [0.717, 1.165) is 12.3 Å². The summed E-state index contributed by atoms with van der Waals surface area (Å²) < 4.78 is 5.27. The van der Waals surface area contributed by atoms with Gasteiger partial charge in [0.25, 0.3) is 0 Å². The number of hydrogen-bond donors (Lipinski definition) is 1. The van der Waals surface area contributed by atoms with E-state index in [1.54, 1.807) is 7.11 Å². The first kappa shape index (κ1) is 15.4. The molecule has 0 aromatic heterocycles. The fourth-order valence-corrected chi connectivity index (χ4v) is 3.93. The van der Waals surface area contributed by atoms with E-state index in [9.17, 15) is 0 Å². The van der Waals surface area contributed by atoms with Gasteiger partial charge in [-0.25, -0.2) is 0 Å². The Kier molecular flexibility index (Phi) is 5.09. The molecule has 2 unspecified atom stereocenters. The van der Waals surface area contributed by atoms with Gasteiger partial charge in [0.15, 0.2) is 0 Å². The fraction of sp³-hybridized carbons (Fsp3) is 0.667. The van der Waals surface area contributed by atoms with E-state index in [1.165, 1.54) is 31.2 Å².